The fourth-order valence-electron chi connectivity index (χ4n) is 1.90. The average molecular weight is 247 g/mol. The molecule has 5 N–H and O–H groups in total. The van der Waals surface area contributed by atoms with Crippen LogP contribution in [0.15, 0.2) is 12.4 Å². The van der Waals surface area contributed by atoms with Gasteiger partial charge in [0.2, 0.25) is 11.9 Å². The monoisotopic (exact) mass is 247 g/mol. The molecule has 2 rings (SSSR count). The van der Waals surface area contributed by atoms with Gasteiger partial charge in [-0.05, 0) is 5.92 Å². The smallest absolute Gasteiger partial charge is 0.225 e. The molecule has 0 bridgehead atoms. The highest BCUT2D eigenvalue weighted by atomic mass is 15.1. The molecule has 2 atom stereocenters. The van der Waals surface area contributed by atoms with Crippen molar-refractivity contribution in [1.82, 2.24) is 24.9 Å². The van der Waals surface area contributed by atoms with Crippen LogP contribution in [-0.2, 0) is 0 Å². The summed E-state index contributed by atoms with van der Waals surface area (Å²) in [6.07, 6.45) is 4.45. The maximum Gasteiger partial charge on any atom is 0.225 e. The van der Waals surface area contributed by atoms with E-state index in [1.807, 2.05) is 0 Å². The predicted molar refractivity (Wildman–Crippen MR) is 68.5 cm³/mol. The van der Waals surface area contributed by atoms with Crippen LogP contribution in [0.5, 0.6) is 0 Å². The lowest BCUT2D eigenvalue weighted by molar-refractivity contribution is 0.463. The van der Waals surface area contributed by atoms with E-state index in [2.05, 4.69) is 38.8 Å². The van der Waals surface area contributed by atoms with Crippen LogP contribution >= 0.6 is 0 Å². The quantitative estimate of drug-likeness (QED) is 0.739. The number of aromatic amines is 1. The molecule has 0 aliphatic rings. The topological polar surface area (TPSA) is 119 Å². The van der Waals surface area contributed by atoms with Gasteiger partial charge < -0.3 is 16.5 Å². The number of rotatable bonds is 4. The van der Waals surface area contributed by atoms with Crippen LogP contribution < -0.4 is 11.5 Å². The first-order valence-electron chi connectivity index (χ1n) is 5.88. The fourth-order valence-corrected chi connectivity index (χ4v) is 1.90. The number of H-pyrrole nitrogens is 1. The maximum absolute atomic E-state index is 5.62. The van der Waals surface area contributed by atoms with E-state index in [1.165, 1.54) is 0 Å². The Kier molecular flexibility index (Phi) is 3.40. The van der Waals surface area contributed by atoms with Crippen molar-refractivity contribution in [3.63, 3.8) is 0 Å². The molecule has 0 saturated carbocycles. The zero-order valence-electron chi connectivity index (χ0n) is 10.5. The molecule has 0 aliphatic heterocycles. The number of hydrogen-bond donors (Lipinski definition) is 3. The largest absolute Gasteiger partial charge is 0.368 e. The van der Waals surface area contributed by atoms with Crippen molar-refractivity contribution >= 4 is 11.9 Å². The van der Waals surface area contributed by atoms with Gasteiger partial charge in [0.05, 0.1) is 5.92 Å². The van der Waals surface area contributed by atoms with Crippen LogP contribution in [0.25, 0.3) is 0 Å². The van der Waals surface area contributed by atoms with Gasteiger partial charge in [-0.1, -0.05) is 20.3 Å². The number of nitrogens with two attached hydrogens (primary N) is 2. The molecule has 0 aromatic carbocycles. The molecule has 0 fully saturated rings. The molecule has 2 aromatic heterocycles. The minimum absolute atomic E-state index is 0.0578. The van der Waals surface area contributed by atoms with E-state index >= 15 is 0 Å². The number of anilines is 2. The van der Waals surface area contributed by atoms with Crippen LogP contribution in [0.2, 0.25) is 0 Å². The highest BCUT2D eigenvalue weighted by Crippen LogP contribution is 2.29. The first kappa shape index (κ1) is 12.3. The van der Waals surface area contributed by atoms with Gasteiger partial charge in [-0.15, -0.1) is 0 Å². The molecule has 2 heterocycles. The van der Waals surface area contributed by atoms with Gasteiger partial charge in [-0.2, -0.15) is 15.0 Å². The third-order valence-corrected chi connectivity index (χ3v) is 2.99. The van der Waals surface area contributed by atoms with Gasteiger partial charge >= 0.3 is 0 Å². The Morgan fingerprint density at radius 2 is 1.89 bits per heavy atom. The normalized spacial score (nSPS) is 14.3. The van der Waals surface area contributed by atoms with E-state index in [-0.39, 0.29) is 17.8 Å². The molecule has 2 unspecified atom stereocenters. The summed E-state index contributed by atoms with van der Waals surface area (Å²) in [7, 11) is 0. The lowest BCUT2D eigenvalue weighted by Crippen LogP contribution is -2.18. The second-order valence-electron chi connectivity index (χ2n) is 4.25. The van der Waals surface area contributed by atoms with Crippen molar-refractivity contribution in [3.05, 3.63) is 24.0 Å². The summed E-state index contributed by atoms with van der Waals surface area (Å²) in [6.45, 7) is 4.22. The molecule has 18 heavy (non-hydrogen) atoms. The number of aromatic nitrogens is 5. The van der Waals surface area contributed by atoms with Gasteiger partial charge in [0, 0.05) is 12.4 Å². The second kappa shape index (κ2) is 4.99. The zero-order valence-corrected chi connectivity index (χ0v) is 10.5. The van der Waals surface area contributed by atoms with Crippen LogP contribution in [0.1, 0.15) is 37.8 Å². The third-order valence-electron chi connectivity index (χ3n) is 2.99. The molecule has 96 valence electrons. The zero-order chi connectivity index (χ0) is 13.1. The molecule has 0 spiro atoms. The molecule has 0 saturated heterocycles. The number of nitrogens with zero attached hydrogens (tertiary/aromatic N) is 4. The van der Waals surface area contributed by atoms with E-state index in [4.69, 9.17) is 11.5 Å². The lowest BCUT2D eigenvalue weighted by atomic mass is 9.90. The van der Waals surface area contributed by atoms with Crippen LogP contribution in [0, 0.1) is 5.92 Å². The number of nitrogens with one attached hydrogen (secondary N) is 1. The number of hydrogen-bond acceptors (Lipinski definition) is 6. The standard InChI is InChI=1S/C11H17N7/c1-3-6(2)7(8-14-4-5-15-8)9-16-10(12)18-11(13)17-9/h4-7H,3H2,1-2H3,(H,14,15)(H4,12,13,16,17,18). The van der Waals surface area contributed by atoms with Crippen molar-refractivity contribution in [3.8, 4) is 0 Å². The predicted octanol–water partition coefficient (Wildman–Crippen LogP) is 0.937. The van der Waals surface area contributed by atoms with Gasteiger partial charge in [0.25, 0.3) is 0 Å². The van der Waals surface area contributed by atoms with Gasteiger partial charge in [-0.25, -0.2) is 4.98 Å². The van der Waals surface area contributed by atoms with E-state index in [1.54, 1.807) is 12.4 Å². The fraction of sp³-hybridized carbons (Fsp3) is 0.455. The molecule has 7 nitrogen and oxygen atoms in total. The van der Waals surface area contributed by atoms with E-state index in [0.717, 1.165) is 12.2 Å². The second-order valence-corrected chi connectivity index (χ2v) is 4.25. The third kappa shape index (κ3) is 2.39. The summed E-state index contributed by atoms with van der Waals surface area (Å²) in [5, 5.41) is 0. The van der Waals surface area contributed by atoms with E-state index in [0.29, 0.717) is 11.7 Å². The molecule has 0 aliphatic carbocycles. The summed E-state index contributed by atoms with van der Waals surface area (Å²) < 4.78 is 0. The highest BCUT2D eigenvalue weighted by Gasteiger charge is 2.26. The number of imidazole rings is 1. The van der Waals surface area contributed by atoms with E-state index in [9.17, 15) is 0 Å². The van der Waals surface area contributed by atoms with E-state index < -0.39 is 0 Å². The number of nitrogen functional groups attached to an aromatic ring is 2. The Morgan fingerprint density at radius 3 is 2.39 bits per heavy atom. The Labute approximate surface area is 105 Å². The highest BCUT2D eigenvalue weighted by molar-refractivity contribution is 5.29. The Hall–Kier alpha value is -2.18. The average Bonchev–Trinajstić information content (AvgIpc) is 2.81. The summed E-state index contributed by atoms with van der Waals surface area (Å²) in [4.78, 5) is 19.5. The van der Waals surface area contributed by atoms with Gasteiger partial charge in [0.1, 0.15) is 11.6 Å². The SMILES string of the molecule is CCC(C)C(c1nc(N)nc(N)n1)c1ncc[nH]1. The Bertz CT molecular complexity index is 488. The van der Waals surface area contributed by atoms with Crippen LogP contribution in [0.3, 0.4) is 0 Å². The summed E-state index contributed by atoms with van der Waals surface area (Å²) in [6, 6.07) is 0. The molecular weight excluding hydrogens is 230 g/mol. The summed E-state index contributed by atoms with van der Waals surface area (Å²) in [5.41, 5.74) is 11.2. The first-order chi connectivity index (χ1) is 8.61. The van der Waals surface area contributed by atoms with Crippen molar-refractivity contribution in [2.75, 3.05) is 11.5 Å². The van der Waals surface area contributed by atoms with Crippen molar-refractivity contribution in [2.24, 2.45) is 5.92 Å². The van der Waals surface area contributed by atoms with Crippen molar-refractivity contribution in [1.29, 1.82) is 0 Å². The molecule has 7 heteroatoms. The van der Waals surface area contributed by atoms with Crippen LogP contribution in [-0.4, -0.2) is 24.9 Å². The minimum atomic E-state index is -0.0578. The molecule has 0 radical (unpaired) electrons. The molecule has 0 amide bonds. The summed E-state index contributed by atoms with van der Waals surface area (Å²) in [5.74, 6) is 1.91. The van der Waals surface area contributed by atoms with Crippen LogP contribution in [0.4, 0.5) is 11.9 Å². The van der Waals surface area contributed by atoms with Gasteiger partial charge in [-0.3, -0.25) is 0 Å². The minimum Gasteiger partial charge on any atom is -0.368 e. The maximum atomic E-state index is 5.62. The molecule has 2 aromatic rings. The summed E-state index contributed by atoms with van der Waals surface area (Å²) >= 11 is 0. The Balaban J connectivity index is 2.46. The first-order valence-corrected chi connectivity index (χ1v) is 5.88. The Morgan fingerprint density at radius 1 is 1.22 bits per heavy atom. The lowest BCUT2D eigenvalue weighted by Gasteiger charge is -2.19. The van der Waals surface area contributed by atoms with Gasteiger partial charge in [0.15, 0.2) is 0 Å². The van der Waals surface area contributed by atoms with Crippen molar-refractivity contribution in [2.45, 2.75) is 26.2 Å². The van der Waals surface area contributed by atoms with Crippen molar-refractivity contribution < 1.29 is 0 Å². The molecular formula is C11H17N7.